The lowest BCUT2D eigenvalue weighted by atomic mass is 9.93. The van der Waals surface area contributed by atoms with Crippen LogP contribution in [0.15, 0.2) is 28.6 Å². The Labute approximate surface area is 147 Å². The molecule has 0 spiro atoms. The molecule has 2 aromatic rings. The molecule has 3 nitrogen and oxygen atoms in total. The van der Waals surface area contributed by atoms with Crippen LogP contribution in [0.3, 0.4) is 0 Å². The van der Waals surface area contributed by atoms with Crippen LogP contribution in [0.5, 0.6) is 0 Å². The molecule has 1 unspecified atom stereocenters. The van der Waals surface area contributed by atoms with Crippen molar-refractivity contribution in [2.75, 3.05) is 6.61 Å². The van der Waals surface area contributed by atoms with Gasteiger partial charge in [-0.25, -0.2) is 0 Å². The fraction of sp³-hybridized carbons (Fsp3) is 0.500. The predicted molar refractivity (Wildman–Crippen MR) is 98.3 cm³/mol. The molecule has 0 bridgehead atoms. The Morgan fingerprint density at radius 2 is 2.04 bits per heavy atom. The van der Waals surface area contributed by atoms with E-state index in [2.05, 4.69) is 43.7 Å². The molecule has 0 saturated heterocycles. The normalized spacial score (nSPS) is 14.3. The van der Waals surface area contributed by atoms with Gasteiger partial charge in [0.25, 0.3) is 0 Å². The minimum absolute atomic E-state index is 0.0186. The van der Waals surface area contributed by atoms with E-state index in [1.165, 1.54) is 5.69 Å². The van der Waals surface area contributed by atoms with Crippen molar-refractivity contribution in [3.63, 3.8) is 0 Å². The fourth-order valence-corrected chi connectivity index (χ4v) is 4.06. The quantitative estimate of drug-likeness (QED) is 0.866. The SMILES string of the molecule is Cc1c(Cl)cccc1C(C)N=c1scc(C(C)(C)C)n1CCO. The highest BCUT2D eigenvalue weighted by Gasteiger charge is 2.20. The van der Waals surface area contributed by atoms with Gasteiger partial charge in [0.05, 0.1) is 12.6 Å². The molecule has 1 N–H and O–H groups in total. The number of hydrogen-bond donors (Lipinski definition) is 1. The van der Waals surface area contributed by atoms with E-state index in [1.807, 2.05) is 19.1 Å². The van der Waals surface area contributed by atoms with Gasteiger partial charge in [0.15, 0.2) is 4.80 Å². The number of thiazole rings is 1. The highest BCUT2D eigenvalue weighted by Crippen LogP contribution is 2.27. The molecular weight excluding hydrogens is 328 g/mol. The summed E-state index contributed by atoms with van der Waals surface area (Å²) in [6.07, 6.45) is 0. The van der Waals surface area contributed by atoms with Gasteiger partial charge in [-0.05, 0) is 31.0 Å². The van der Waals surface area contributed by atoms with Gasteiger partial charge < -0.3 is 9.67 Å². The molecular formula is C18H25ClN2OS. The lowest BCUT2D eigenvalue weighted by molar-refractivity contribution is 0.269. The second kappa shape index (κ2) is 7.20. The molecule has 5 heteroatoms. The monoisotopic (exact) mass is 352 g/mol. The minimum atomic E-state index is 0.0186. The Morgan fingerprint density at radius 3 is 2.65 bits per heavy atom. The van der Waals surface area contributed by atoms with Crippen molar-refractivity contribution in [3.8, 4) is 0 Å². The Bertz CT molecular complexity index is 740. The van der Waals surface area contributed by atoms with E-state index in [4.69, 9.17) is 16.6 Å². The minimum Gasteiger partial charge on any atom is -0.395 e. The Morgan fingerprint density at radius 1 is 1.35 bits per heavy atom. The molecule has 23 heavy (non-hydrogen) atoms. The fourth-order valence-electron chi connectivity index (χ4n) is 2.65. The molecule has 0 aliphatic carbocycles. The van der Waals surface area contributed by atoms with Crippen LogP contribution in [0, 0.1) is 6.92 Å². The summed E-state index contributed by atoms with van der Waals surface area (Å²) in [5.41, 5.74) is 3.44. The number of aromatic nitrogens is 1. The van der Waals surface area contributed by atoms with E-state index in [0.29, 0.717) is 6.54 Å². The van der Waals surface area contributed by atoms with Crippen LogP contribution in [-0.2, 0) is 12.0 Å². The van der Waals surface area contributed by atoms with Crippen molar-refractivity contribution in [2.45, 2.75) is 52.6 Å². The molecule has 1 aromatic heterocycles. The van der Waals surface area contributed by atoms with Gasteiger partial charge in [-0.3, -0.25) is 4.99 Å². The van der Waals surface area contributed by atoms with E-state index >= 15 is 0 Å². The second-order valence-electron chi connectivity index (χ2n) is 6.79. The van der Waals surface area contributed by atoms with Gasteiger partial charge in [-0.2, -0.15) is 0 Å². The molecule has 126 valence electrons. The van der Waals surface area contributed by atoms with E-state index < -0.39 is 0 Å². The number of aliphatic hydroxyl groups is 1. The van der Waals surface area contributed by atoms with Crippen molar-refractivity contribution in [1.29, 1.82) is 0 Å². The number of halogens is 1. The maximum Gasteiger partial charge on any atom is 0.185 e. The van der Waals surface area contributed by atoms with Crippen molar-refractivity contribution in [3.05, 3.63) is 50.2 Å². The number of nitrogens with zero attached hydrogens (tertiary/aromatic N) is 2. The first kappa shape index (κ1) is 18.2. The molecule has 0 saturated carbocycles. The van der Waals surface area contributed by atoms with Crippen molar-refractivity contribution in [2.24, 2.45) is 4.99 Å². The van der Waals surface area contributed by atoms with E-state index in [-0.39, 0.29) is 18.1 Å². The third-order valence-electron chi connectivity index (χ3n) is 3.95. The summed E-state index contributed by atoms with van der Waals surface area (Å²) in [6, 6.07) is 5.96. The molecule has 0 amide bonds. The van der Waals surface area contributed by atoms with Crippen molar-refractivity contribution >= 4 is 22.9 Å². The van der Waals surface area contributed by atoms with Gasteiger partial charge >= 0.3 is 0 Å². The van der Waals surface area contributed by atoms with E-state index in [1.54, 1.807) is 11.3 Å². The summed E-state index contributed by atoms with van der Waals surface area (Å²) in [7, 11) is 0. The topological polar surface area (TPSA) is 37.5 Å². The van der Waals surface area contributed by atoms with Crippen LogP contribution < -0.4 is 4.80 Å². The highest BCUT2D eigenvalue weighted by atomic mass is 35.5. The van der Waals surface area contributed by atoms with Gasteiger partial charge in [0.2, 0.25) is 0 Å². The van der Waals surface area contributed by atoms with Crippen molar-refractivity contribution in [1.82, 2.24) is 4.57 Å². The summed E-state index contributed by atoms with van der Waals surface area (Å²) >= 11 is 7.86. The Kier molecular flexibility index (Phi) is 5.71. The highest BCUT2D eigenvalue weighted by molar-refractivity contribution is 7.07. The average Bonchev–Trinajstić information content (AvgIpc) is 2.85. The van der Waals surface area contributed by atoms with Crippen molar-refractivity contribution < 1.29 is 5.11 Å². The molecule has 2 rings (SSSR count). The maximum atomic E-state index is 9.41. The zero-order chi connectivity index (χ0) is 17.2. The summed E-state index contributed by atoms with van der Waals surface area (Å²) in [5, 5.41) is 12.3. The number of aliphatic hydroxyl groups excluding tert-OH is 1. The molecule has 1 atom stereocenters. The van der Waals surface area contributed by atoms with Gasteiger partial charge in [0, 0.05) is 28.1 Å². The first-order valence-corrected chi connectivity index (χ1v) is 9.10. The summed E-state index contributed by atoms with van der Waals surface area (Å²) in [5.74, 6) is 0. The number of benzene rings is 1. The maximum absolute atomic E-state index is 9.41. The van der Waals surface area contributed by atoms with Crippen LogP contribution in [0.1, 0.15) is 50.6 Å². The van der Waals surface area contributed by atoms with Crippen LogP contribution in [0.25, 0.3) is 0 Å². The third kappa shape index (κ3) is 4.06. The zero-order valence-corrected chi connectivity index (χ0v) is 16.0. The van der Waals surface area contributed by atoms with Gasteiger partial charge in [-0.1, -0.05) is 44.5 Å². The first-order chi connectivity index (χ1) is 10.8. The Balaban J connectivity index is 2.50. The largest absolute Gasteiger partial charge is 0.395 e. The van der Waals surface area contributed by atoms with Crippen LogP contribution in [0.4, 0.5) is 0 Å². The smallest absolute Gasteiger partial charge is 0.185 e. The lowest BCUT2D eigenvalue weighted by Crippen LogP contribution is -2.26. The molecule has 0 fully saturated rings. The zero-order valence-electron chi connectivity index (χ0n) is 14.4. The van der Waals surface area contributed by atoms with E-state index in [9.17, 15) is 5.11 Å². The van der Waals surface area contributed by atoms with Crippen LogP contribution >= 0.6 is 22.9 Å². The average molecular weight is 353 g/mol. The third-order valence-corrected chi connectivity index (χ3v) is 5.24. The molecule has 0 aliphatic rings. The second-order valence-corrected chi connectivity index (χ2v) is 8.03. The standard InChI is InChI=1S/C18H25ClN2OS/c1-12-14(7-6-8-15(12)19)13(2)20-17-21(9-10-22)16(11-23-17)18(3,4)5/h6-8,11,13,22H,9-10H2,1-5H3. The van der Waals surface area contributed by atoms with Gasteiger partial charge in [-0.15, -0.1) is 11.3 Å². The van der Waals surface area contributed by atoms with Crippen LogP contribution in [0.2, 0.25) is 5.02 Å². The van der Waals surface area contributed by atoms with Crippen LogP contribution in [-0.4, -0.2) is 16.3 Å². The predicted octanol–water partition coefficient (Wildman–Crippen LogP) is 4.46. The number of hydrogen-bond acceptors (Lipinski definition) is 3. The summed E-state index contributed by atoms with van der Waals surface area (Å²) < 4.78 is 2.13. The summed E-state index contributed by atoms with van der Waals surface area (Å²) in [6.45, 7) is 11.3. The summed E-state index contributed by atoms with van der Waals surface area (Å²) in [4.78, 5) is 5.84. The molecule has 1 heterocycles. The number of rotatable bonds is 4. The molecule has 1 aromatic carbocycles. The first-order valence-electron chi connectivity index (χ1n) is 7.84. The molecule has 0 radical (unpaired) electrons. The lowest BCUT2D eigenvalue weighted by Gasteiger charge is -2.20. The Hall–Kier alpha value is -1.10. The van der Waals surface area contributed by atoms with Gasteiger partial charge in [0.1, 0.15) is 0 Å². The van der Waals surface area contributed by atoms with E-state index in [0.717, 1.165) is 21.0 Å². The molecule has 0 aliphatic heterocycles.